The molecule has 0 spiro atoms. The Hall–Kier alpha value is -1.20. The van der Waals surface area contributed by atoms with E-state index in [1.165, 1.54) is 0 Å². The van der Waals surface area contributed by atoms with E-state index in [0.29, 0.717) is 22.0 Å². The molecule has 6 nitrogen and oxygen atoms in total. The van der Waals surface area contributed by atoms with Crippen LogP contribution in [0.25, 0.3) is 0 Å². The lowest BCUT2D eigenvalue weighted by atomic mass is 10.6. The third-order valence-electron chi connectivity index (χ3n) is 1.95. The van der Waals surface area contributed by atoms with Gasteiger partial charge in [0.2, 0.25) is 5.13 Å². The predicted octanol–water partition coefficient (Wildman–Crippen LogP) is 2.35. The molecule has 2 heterocycles. The molecule has 0 amide bonds. The Morgan fingerprint density at radius 1 is 1.21 bits per heavy atom. The van der Waals surface area contributed by atoms with Crippen molar-refractivity contribution >= 4 is 37.8 Å². The average molecular weight is 326 g/mol. The largest absolute Gasteiger partial charge is 0.291 e. The Kier molecular flexibility index (Phi) is 3.78. The topological polar surface area (TPSA) is 84.8 Å². The molecule has 19 heavy (non-hydrogen) atoms. The van der Waals surface area contributed by atoms with Gasteiger partial charge in [0.1, 0.15) is 0 Å². The smallest absolute Gasteiger partial charge is 0.252 e. The van der Waals surface area contributed by atoms with Crippen molar-refractivity contribution in [2.45, 2.75) is 24.5 Å². The molecule has 0 bridgehead atoms. The number of nitrogens with one attached hydrogen (secondary N) is 1. The first-order valence-corrected chi connectivity index (χ1v) is 7.99. The SMILES string of the molecule is Cc1nc(C)c(S(=O)(=O)Nc2nnc(C(F)F)s2)s1. The van der Waals surface area contributed by atoms with Crippen LogP contribution in [0.2, 0.25) is 0 Å². The fourth-order valence-electron chi connectivity index (χ4n) is 1.29. The summed E-state index contributed by atoms with van der Waals surface area (Å²) in [5.74, 6) is 0. The van der Waals surface area contributed by atoms with Gasteiger partial charge in [-0.3, -0.25) is 4.72 Å². The van der Waals surface area contributed by atoms with Crippen LogP contribution in [0.3, 0.4) is 0 Å². The van der Waals surface area contributed by atoms with Gasteiger partial charge >= 0.3 is 0 Å². The van der Waals surface area contributed by atoms with E-state index in [9.17, 15) is 17.2 Å². The number of rotatable bonds is 4. The molecule has 0 saturated heterocycles. The Morgan fingerprint density at radius 2 is 1.89 bits per heavy atom. The molecule has 0 atom stereocenters. The fourth-order valence-corrected chi connectivity index (χ4v) is 4.60. The highest BCUT2D eigenvalue weighted by Gasteiger charge is 2.23. The van der Waals surface area contributed by atoms with Gasteiger partial charge in [0, 0.05) is 0 Å². The lowest BCUT2D eigenvalue weighted by molar-refractivity contribution is 0.150. The van der Waals surface area contributed by atoms with Crippen molar-refractivity contribution in [2.75, 3.05) is 4.72 Å². The highest BCUT2D eigenvalue weighted by molar-refractivity contribution is 7.94. The number of hydrogen-bond donors (Lipinski definition) is 1. The van der Waals surface area contributed by atoms with Gasteiger partial charge in [-0.05, 0) is 13.8 Å². The monoisotopic (exact) mass is 326 g/mol. The lowest BCUT2D eigenvalue weighted by Crippen LogP contribution is -2.12. The van der Waals surface area contributed by atoms with Crippen molar-refractivity contribution in [1.29, 1.82) is 0 Å². The molecule has 0 fully saturated rings. The molecule has 0 aromatic carbocycles. The second-order valence-electron chi connectivity index (χ2n) is 3.46. The van der Waals surface area contributed by atoms with Gasteiger partial charge < -0.3 is 0 Å². The van der Waals surface area contributed by atoms with Crippen molar-refractivity contribution in [3.8, 4) is 0 Å². The van der Waals surface area contributed by atoms with E-state index in [2.05, 4.69) is 19.9 Å². The number of sulfonamides is 1. The maximum atomic E-state index is 12.3. The van der Waals surface area contributed by atoms with E-state index < -0.39 is 21.5 Å². The molecule has 0 aliphatic carbocycles. The molecule has 104 valence electrons. The van der Waals surface area contributed by atoms with Crippen LogP contribution in [-0.2, 0) is 10.0 Å². The minimum Gasteiger partial charge on any atom is -0.252 e. The molecule has 2 rings (SSSR count). The number of nitrogens with zero attached hydrogens (tertiary/aromatic N) is 3. The summed E-state index contributed by atoms with van der Waals surface area (Å²) in [6.45, 7) is 3.24. The molecular weight excluding hydrogens is 318 g/mol. The fraction of sp³-hybridized carbons (Fsp3) is 0.375. The highest BCUT2D eigenvalue weighted by atomic mass is 32.2. The van der Waals surface area contributed by atoms with Crippen molar-refractivity contribution in [2.24, 2.45) is 0 Å². The number of anilines is 1. The molecule has 1 N–H and O–H groups in total. The standard InChI is InChI=1S/C8H8F2N4O2S3/c1-3-7(17-4(2)11-3)19(15,16)14-8-13-12-6(18-8)5(9)10/h5H,1-2H3,(H,13,14). The second-order valence-corrected chi connectivity index (χ2v) is 7.55. The molecule has 0 aliphatic rings. The normalized spacial score (nSPS) is 12.1. The van der Waals surface area contributed by atoms with Crippen molar-refractivity contribution in [3.63, 3.8) is 0 Å². The minimum absolute atomic E-state index is 0.0406. The predicted molar refractivity (Wildman–Crippen MR) is 67.3 cm³/mol. The van der Waals surface area contributed by atoms with Gasteiger partial charge in [-0.15, -0.1) is 21.5 Å². The van der Waals surface area contributed by atoms with Crippen LogP contribution in [0.5, 0.6) is 0 Å². The van der Waals surface area contributed by atoms with E-state index in [0.717, 1.165) is 11.3 Å². The first kappa shape index (κ1) is 14.2. The molecule has 0 saturated carbocycles. The van der Waals surface area contributed by atoms with Crippen molar-refractivity contribution < 1.29 is 17.2 Å². The molecule has 2 aromatic heterocycles. The quantitative estimate of drug-likeness (QED) is 0.932. The zero-order valence-corrected chi connectivity index (χ0v) is 12.2. The van der Waals surface area contributed by atoms with Crippen molar-refractivity contribution in [1.82, 2.24) is 15.2 Å². The molecule has 2 aromatic rings. The zero-order chi connectivity index (χ0) is 14.2. The van der Waals surface area contributed by atoms with Gasteiger partial charge in [-0.1, -0.05) is 11.3 Å². The van der Waals surface area contributed by atoms with E-state index in [-0.39, 0.29) is 9.34 Å². The van der Waals surface area contributed by atoms with Crippen molar-refractivity contribution in [3.05, 3.63) is 15.7 Å². The van der Waals surface area contributed by atoms with Crippen LogP contribution in [0, 0.1) is 13.8 Å². The number of aromatic nitrogens is 3. The van der Waals surface area contributed by atoms with E-state index >= 15 is 0 Å². The summed E-state index contributed by atoms with van der Waals surface area (Å²) in [4.78, 5) is 4.00. The van der Waals surface area contributed by atoms with Crippen LogP contribution < -0.4 is 4.72 Å². The first-order valence-electron chi connectivity index (χ1n) is 4.88. The maximum Gasteiger partial charge on any atom is 0.291 e. The summed E-state index contributed by atoms with van der Waals surface area (Å²) in [5, 5.41) is 6.44. The van der Waals surface area contributed by atoms with Gasteiger partial charge in [-0.2, -0.15) is 0 Å². The Bertz CT molecular complexity index is 695. The van der Waals surface area contributed by atoms with Gasteiger partial charge in [0.15, 0.2) is 9.22 Å². The third kappa shape index (κ3) is 3.04. The average Bonchev–Trinajstić information content (AvgIpc) is 2.85. The minimum atomic E-state index is -3.87. The molecule has 0 unspecified atom stereocenters. The van der Waals surface area contributed by atoms with E-state index in [4.69, 9.17) is 0 Å². The van der Waals surface area contributed by atoms with Crippen LogP contribution in [0.4, 0.5) is 13.9 Å². The molecule has 0 aliphatic heterocycles. The van der Waals surface area contributed by atoms with E-state index in [1.54, 1.807) is 13.8 Å². The summed E-state index contributed by atoms with van der Waals surface area (Å²) in [6, 6.07) is 0. The zero-order valence-electron chi connectivity index (χ0n) is 9.72. The number of aryl methyl sites for hydroxylation is 2. The van der Waals surface area contributed by atoms with Gasteiger partial charge in [0.05, 0.1) is 10.7 Å². The molecular formula is C8H8F2N4O2S3. The number of hydrogen-bond acceptors (Lipinski definition) is 7. The maximum absolute atomic E-state index is 12.3. The van der Waals surface area contributed by atoms with Crippen LogP contribution in [-0.4, -0.2) is 23.6 Å². The summed E-state index contributed by atoms with van der Waals surface area (Å²) in [7, 11) is -3.87. The number of alkyl halides is 2. The van der Waals surface area contributed by atoms with E-state index in [1.807, 2.05) is 0 Å². The molecule has 0 radical (unpaired) electrons. The number of thiazole rings is 1. The number of halogens is 2. The third-order valence-corrected chi connectivity index (χ3v) is 5.95. The Morgan fingerprint density at radius 3 is 2.37 bits per heavy atom. The van der Waals surface area contributed by atoms with Crippen LogP contribution in [0.1, 0.15) is 22.1 Å². The summed E-state index contributed by atoms with van der Waals surface area (Å²) in [6.07, 6.45) is -2.77. The second kappa shape index (κ2) is 5.06. The first-order chi connectivity index (χ1) is 8.79. The Labute approximate surface area is 115 Å². The summed E-state index contributed by atoms with van der Waals surface area (Å²) >= 11 is 1.50. The lowest BCUT2D eigenvalue weighted by Gasteiger charge is -2.01. The summed E-state index contributed by atoms with van der Waals surface area (Å²) in [5.41, 5.74) is 0.355. The Balaban J connectivity index is 2.28. The summed E-state index contributed by atoms with van der Waals surface area (Å²) < 4.78 is 50.9. The van der Waals surface area contributed by atoms with Gasteiger partial charge in [0.25, 0.3) is 16.4 Å². The van der Waals surface area contributed by atoms with Crippen LogP contribution in [0.15, 0.2) is 4.21 Å². The highest BCUT2D eigenvalue weighted by Crippen LogP contribution is 2.29. The molecule has 11 heteroatoms. The van der Waals surface area contributed by atoms with Gasteiger partial charge in [-0.25, -0.2) is 22.2 Å². The van der Waals surface area contributed by atoms with Crippen LogP contribution >= 0.6 is 22.7 Å².